The van der Waals surface area contributed by atoms with Crippen molar-refractivity contribution < 1.29 is 28.1 Å². The average Bonchev–Trinajstić information content (AvgIpc) is 3.52. The molecule has 46 heavy (non-hydrogen) atoms. The maximum Gasteiger partial charge on any atom is 0.273 e. The summed E-state index contributed by atoms with van der Waals surface area (Å²) in [6.07, 6.45) is 1.79. The molecule has 3 unspecified atom stereocenters. The Morgan fingerprint density at radius 1 is 1.13 bits per heavy atom. The Morgan fingerprint density at radius 2 is 1.96 bits per heavy atom. The lowest BCUT2D eigenvalue weighted by molar-refractivity contribution is -0.309. The summed E-state index contributed by atoms with van der Waals surface area (Å²) in [5.41, 5.74) is 1.49. The largest absolute Gasteiger partial charge is 0.373 e. The van der Waals surface area contributed by atoms with Gasteiger partial charge in [-0.15, -0.1) is 5.10 Å². The molecule has 4 aromatic rings. The van der Waals surface area contributed by atoms with Crippen molar-refractivity contribution in [3.05, 3.63) is 94.1 Å². The highest BCUT2D eigenvalue weighted by Crippen LogP contribution is 2.45. The Balaban J connectivity index is 1.26. The first kappa shape index (κ1) is 31.5. The van der Waals surface area contributed by atoms with Gasteiger partial charge in [-0.05, 0) is 31.5 Å². The quantitative estimate of drug-likeness (QED) is 0.214. The summed E-state index contributed by atoms with van der Waals surface area (Å²) >= 11 is 13.6. The number of fused-ring (bicyclic) bond motifs is 1. The molecular formula is C32H30Cl2FN5O5S. The zero-order valence-electron chi connectivity index (χ0n) is 24.7. The SMILES string of the molecule is CCOC1[C@@H](Sc2cc(Cl)cnc2C(=O)N2CCC2)OC2COC(c3ccccc3)O[C@@H]2[C@@H]1n1cc(-c2ccc(Cl)c(F)c2)nn1. The van der Waals surface area contributed by atoms with Gasteiger partial charge in [-0.2, -0.15) is 0 Å². The summed E-state index contributed by atoms with van der Waals surface area (Å²) in [5.74, 6) is -0.713. The molecule has 2 aromatic carbocycles. The molecule has 0 bridgehead atoms. The van der Waals surface area contributed by atoms with Gasteiger partial charge in [0, 0.05) is 41.9 Å². The van der Waals surface area contributed by atoms with Crippen molar-refractivity contribution in [2.45, 2.75) is 54.3 Å². The number of pyridine rings is 1. The summed E-state index contributed by atoms with van der Waals surface area (Å²) in [6.45, 7) is 3.85. The minimum absolute atomic E-state index is 0.0183. The number of hydrogen-bond acceptors (Lipinski definition) is 9. The normalized spacial score (nSPS) is 26.0. The number of rotatable bonds is 8. The van der Waals surface area contributed by atoms with Gasteiger partial charge in [0.05, 0.1) is 22.8 Å². The summed E-state index contributed by atoms with van der Waals surface area (Å²) < 4.78 is 41.9. The van der Waals surface area contributed by atoms with Gasteiger partial charge in [-0.3, -0.25) is 4.79 Å². The first-order chi connectivity index (χ1) is 22.4. The zero-order valence-corrected chi connectivity index (χ0v) is 27.0. The van der Waals surface area contributed by atoms with E-state index in [1.807, 2.05) is 37.3 Å². The maximum atomic E-state index is 14.4. The van der Waals surface area contributed by atoms with Crippen LogP contribution in [0.2, 0.25) is 10.0 Å². The number of thioether (sulfide) groups is 1. The molecule has 0 spiro atoms. The van der Waals surface area contributed by atoms with Crippen molar-refractivity contribution in [2.75, 3.05) is 26.3 Å². The first-order valence-corrected chi connectivity index (χ1v) is 16.6. The molecule has 3 fully saturated rings. The van der Waals surface area contributed by atoms with Crippen LogP contribution in [0.25, 0.3) is 11.3 Å². The fourth-order valence-corrected chi connectivity index (χ4v) is 7.40. The molecule has 0 N–H and O–H groups in total. The smallest absolute Gasteiger partial charge is 0.273 e. The van der Waals surface area contributed by atoms with Gasteiger partial charge in [-0.25, -0.2) is 14.1 Å². The Bertz CT molecular complexity index is 1710. The van der Waals surface area contributed by atoms with E-state index in [4.69, 9.17) is 42.1 Å². The summed E-state index contributed by atoms with van der Waals surface area (Å²) in [6, 6.07) is 15.3. The third-order valence-corrected chi connectivity index (χ3v) is 9.87. The van der Waals surface area contributed by atoms with Crippen molar-refractivity contribution in [3.8, 4) is 11.3 Å². The monoisotopic (exact) mass is 685 g/mol. The number of aromatic nitrogens is 4. The second-order valence-corrected chi connectivity index (χ2v) is 13.1. The molecule has 5 heterocycles. The van der Waals surface area contributed by atoms with Crippen LogP contribution in [0.15, 0.2) is 71.9 Å². The molecule has 14 heteroatoms. The van der Waals surface area contributed by atoms with Crippen LogP contribution < -0.4 is 0 Å². The minimum atomic E-state index is -0.647. The molecule has 0 radical (unpaired) electrons. The molecule has 3 aliphatic rings. The van der Waals surface area contributed by atoms with Gasteiger partial charge >= 0.3 is 0 Å². The van der Waals surface area contributed by atoms with E-state index in [-0.39, 0.29) is 17.5 Å². The maximum absolute atomic E-state index is 14.4. The standard InChI is InChI=1S/C32H30Cl2FN5O5S/c1-2-42-29-27(40-16-23(37-38-40)19-9-10-21(34)22(35)13-19)28-24(17-43-31(45-28)18-7-4-3-5-8-18)44-32(29)46-25-14-20(33)15-36-26(25)30(41)39-11-6-12-39/h3-5,7-10,13-16,24,27-29,31-32H,2,6,11-12,17H2,1H3/t24?,27-,28-,29?,31?,32+/m0/s1. The lowest BCUT2D eigenvalue weighted by Gasteiger charge is -2.49. The highest BCUT2D eigenvalue weighted by molar-refractivity contribution is 8.00. The fourth-order valence-electron chi connectivity index (χ4n) is 5.79. The Morgan fingerprint density at radius 3 is 2.70 bits per heavy atom. The van der Waals surface area contributed by atoms with Crippen LogP contribution in [0.5, 0.6) is 0 Å². The molecule has 7 rings (SSSR count). The number of amides is 1. The van der Waals surface area contributed by atoms with Gasteiger partial charge in [0.1, 0.15) is 47.0 Å². The van der Waals surface area contributed by atoms with Crippen LogP contribution in [0.3, 0.4) is 0 Å². The highest BCUT2D eigenvalue weighted by Gasteiger charge is 2.52. The number of halogens is 3. The third-order valence-electron chi connectivity index (χ3n) is 8.18. The van der Waals surface area contributed by atoms with Crippen molar-refractivity contribution in [3.63, 3.8) is 0 Å². The van der Waals surface area contributed by atoms with Crippen LogP contribution in [0, 0.1) is 5.82 Å². The summed E-state index contributed by atoms with van der Waals surface area (Å²) in [7, 11) is 0. The number of benzene rings is 2. The van der Waals surface area contributed by atoms with E-state index in [1.165, 1.54) is 30.1 Å². The van der Waals surface area contributed by atoms with Gasteiger partial charge in [0.25, 0.3) is 5.91 Å². The van der Waals surface area contributed by atoms with Crippen LogP contribution >= 0.6 is 35.0 Å². The first-order valence-electron chi connectivity index (χ1n) is 15.0. The van der Waals surface area contributed by atoms with Crippen molar-refractivity contribution in [2.24, 2.45) is 0 Å². The van der Waals surface area contributed by atoms with E-state index in [0.717, 1.165) is 12.0 Å². The number of hydrogen-bond donors (Lipinski definition) is 0. The van der Waals surface area contributed by atoms with E-state index in [9.17, 15) is 9.18 Å². The number of nitrogens with zero attached hydrogens (tertiary/aromatic N) is 5. The van der Waals surface area contributed by atoms with Crippen molar-refractivity contribution in [1.82, 2.24) is 24.9 Å². The molecule has 3 aliphatic heterocycles. The Hall–Kier alpha value is -3.10. The molecule has 6 atom stereocenters. The topological polar surface area (TPSA) is 101 Å². The highest BCUT2D eigenvalue weighted by atomic mass is 35.5. The number of carbonyl (C=O) groups excluding carboxylic acids is 1. The lowest BCUT2D eigenvalue weighted by atomic mass is 9.95. The molecule has 240 valence electrons. The third kappa shape index (κ3) is 6.27. The van der Waals surface area contributed by atoms with Crippen LogP contribution in [0.4, 0.5) is 4.39 Å². The molecule has 10 nitrogen and oxygen atoms in total. The van der Waals surface area contributed by atoms with E-state index in [2.05, 4.69) is 15.3 Å². The minimum Gasteiger partial charge on any atom is -0.373 e. The van der Waals surface area contributed by atoms with E-state index in [1.54, 1.807) is 27.9 Å². The second kappa shape index (κ2) is 13.6. The van der Waals surface area contributed by atoms with Crippen molar-refractivity contribution in [1.29, 1.82) is 0 Å². The molecule has 2 aromatic heterocycles. The van der Waals surface area contributed by atoms with Crippen LogP contribution in [-0.4, -0.2) is 80.8 Å². The molecular weight excluding hydrogens is 656 g/mol. The zero-order chi connectivity index (χ0) is 31.8. The Labute approximate surface area is 279 Å². The summed E-state index contributed by atoms with van der Waals surface area (Å²) in [5, 5.41) is 9.27. The second-order valence-electron chi connectivity index (χ2n) is 11.1. The molecule has 0 aliphatic carbocycles. The number of ether oxygens (including phenoxy) is 4. The predicted molar refractivity (Wildman–Crippen MR) is 169 cm³/mol. The van der Waals surface area contributed by atoms with Crippen LogP contribution in [0.1, 0.15) is 41.7 Å². The predicted octanol–water partition coefficient (Wildman–Crippen LogP) is 6.21. The van der Waals surface area contributed by atoms with Gasteiger partial charge in [0.2, 0.25) is 0 Å². The van der Waals surface area contributed by atoms with Gasteiger partial charge < -0.3 is 23.8 Å². The Kier molecular flexibility index (Phi) is 9.28. The van der Waals surface area contributed by atoms with Gasteiger partial charge in [0.15, 0.2) is 6.29 Å². The average molecular weight is 687 g/mol. The molecule has 1 amide bonds. The molecule has 3 saturated heterocycles. The number of likely N-dealkylation sites (tertiary alicyclic amines) is 1. The fraction of sp³-hybridized carbons (Fsp3) is 0.375. The van der Waals surface area contributed by atoms with E-state index < -0.39 is 41.9 Å². The van der Waals surface area contributed by atoms with Crippen molar-refractivity contribution >= 4 is 40.9 Å². The number of carbonyl (C=O) groups is 1. The van der Waals surface area contributed by atoms with Gasteiger partial charge in [-0.1, -0.05) is 76.6 Å². The van der Waals surface area contributed by atoms with E-state index in [0.29, 0.717) is 46.6 Å². The lowest BCUT2D eigenvalue weighted by Crippen LogP contribution is -2.59. The molecule has 0 saturated carbocycles. The van der Waals surface area contributed by atoms with Crippen LogP contribution in [-0.2, 0) is 18.9 Å². The summed E-state index contributed by atoms with van der Waals surface area (Å²) in [4.78, 5) is 20.1. The van der Waals surface area contributed by atoms with E-state index >= 15 is 0 Å².